The van der Waals surface area contributed by atoms with Gasteiger partial charge in [-0.05, 0) is 38.8 Å². The predicted octanol–water partition coefficient (Wildman–Crippen LogP) is 1.18. The molecule has 1 aromatic heterocycles. The molecule has 0 saturated carbocycles. The molecule has 1 N–H and O–H groups in total. The smallest absolute Gasteiger partial charge is 0.261 e. The highest BCUT2D eigenvalue weighted by atomic mass is 35.5. The zero-order chi connectivity index (χ0) is 15.6. The van der Waals surface area contributed by atoms with Gasteiger partial charge in [0.25, 0.3) is 10.0 Å². The normalized spacial score (nSPS) is 24.3. The van der Waals surface area contributed by atoms with Crippen LogP contribution >= 0.6 is 23.7 Å². The van der Waals surface area contributed by atoms with Gasteiger partial charge in [0.15, 0.2) is 5.03 Å². The van der Waals surface area contributed by atoms with Gasteiger partial charge in [-0.3, -0.25) is 0 Å². The van der Waals surface area contributed by atoms with E-state index in [1.54, 1.807) is 9.69 Å². The summed E-state index contributed by atoms with van der Waals surface area (Å²) in [5.41, 5.74) is 0. The van der Waals surface area contributed by atoms with Crippen molar-refractivity contribution in [2.75, 3.05) is 45.8 Å². The molecule has 3 heterocycles. The van der Waals surface area contributed by atoms with Gasteiger partial charge in [0, 0.05) is 38.1 Å². The second-order valence-electron chi connectivity index (χ2n) is 6.12. The number of sulfonamides is 1. The monoisotopic (exact) mass is 380 g/mol. The van der Waals surface area contributed by atoms with Crippen molar-refractivity contribution in [2.45, 2.75) is 24.8 Å². The zero-order valence-corrected chi connectivity index (χ0v) is 15.9. The molecule has 6 nitrogen and oxygen atoms in total. The number of piperazine rings is 1. The summed E-state index contributed by atoms with van der Waals surface area (Å²) in [6, 6.07) is 0. The average Bonchev–Trinajstić information content (AvgIpc) is 2.96. The number of halogens is 1. The van der Waals surface area contributed by atoms with Crippen molar-refractivity contribution >= 4 is 33.8 Å². The second kappa shape index (κ2) is 8.22. The van der Waals surface area contributed by atoms with Crippen LogP contribution in [0.25, 0.3) is 0 Å². The van der Waals surface area contributed by atoms with Crippen LogP contribution in [-0.2, 0) is 10.0 Å². The summed E-state index contributed by atoms with van der Waals surface area (Å²) in [7, 11) is -3.40. The van der Waals surface area contributed by atoms with E-state index in [2.05, 4.69) is 15.2 Å². The molecule has 2 aliphatic rings. The molecule has 1 unspecified atom stereocenters. The SMILES string of the molecule is Cc1nc(S(=O)(=O)N2CCN(CC3CCCNC3)CC2)cs1.Cl. The minimum absolute atomic E-state index is 0. The molecule has 2 aliphatic heterocycles. The lowest BCUT2D eigenvalue weighted by molar-refractivity contribution is 0.154. The molecule has 0 radical (unpaired) electrons. The van der Waals surface area contributed by atoms with E-state index >= 15 is 0 Å². The molecular weight excluding hydrogens is 356 g/mol. The first kappa shape index (κ1) is 19.1. The number of thiazole rings is 1. The van der Waals surface area contributed by atoms with Crippen LogP contribution in [0.15, 0.2) is 10.4 Å². The van der Waals surface area contributed by atoms with Crippen LogP contribution in [0.1, 0.15) is 17.8 Å². The minimum atomic E-state index is -3.40. The molecule has 9 heteroatoms. The van der Waals surface area contributed by atoms with Gasteiger partial charge in [-0.15, -0.1) is 23.7 Å². The molecule has 23 heavy (non-hydrogen) atoms. The molecule has 1 aromatic rings. The third-order valence-electron chi connectivity index (χ3n) is 4.45. The predicted molar refractivity (Wildman–Crippen MR) is 94.9 cm³/mol. The Kier molecular flexibility index (Phi) is 6.82. The number of nitrogens with one attached hydrogen (secondary N) is 1. The Balaban J connectivity index is 0.00000192. The van der Waals surface area contributed by atoms with Crippen molar-refractivity contribution in [3.63, 3.8) is 0 Å². The number of hydrogen-bond acceptors (Lipinski definition) is 6. The summed E-state index contributed by atoms with van der Waals surface area (Å²) >= 11 is 1.38. The molecule has 1 atom stereocenters. The summed E-state index contributed by atoms with van der Waals surface area (Å²) in [6.07, 6.45) is 2.53. The summed E-state index contributed by atoms with van der Waals surface area (Å²) in [5, 5.41) is 6.09. The van der Waals surface area contributed by atoms with Crippen LogP contribution in [0.3, 0.4) is 0 Å². The summed E-state index contributed by atoms with van der Waals surface area (Å²) in [4.78, 5) is 6.54. The molecule has 132 valence electrons. The minimum Gasteiger partial charge on any atom is -0.316 e. The molecule has 0 aliphatic carbocycles. The van der Waals surface area contributed by atoms with Gasteiger partial charge in [0.05, 0.1) is 5.01 Å². The van der Waals surface area contributed by atoms with Crippen LogP contribution in [0.4, 0.5) is 0 Å². The van der Waals surface area contributed by atoms with Crippen molar-refractivity contribution in [1.29, 1.82) is 0 Å². The molecule has 0 bridgehead atoms. The molecule has 2 saturated heterocycles. The summed E-state index contributed by atoms with van der Waals surface area (Å²) < 4.78 is 26.7. The van der Waals surface area contributed by atoms with E-state index in [1.165, 1.54) is 24.2 Å². The first-order chi connectivity index (χ1) is 10.6. The van der Waals surface area contributed by atoms with Crippen molar-refractivity contribution in [3.8, 4) is 0 Å². The van der Waals surface area contributed by atoms with Crippen LogP contribution < -0.4 is 5.32 Å². The van der Waals surface area contributed by atoms with E-state index < -0.39 is 10.0 Å². The van der Waals surface area contributed by atoms with Crippen LogP contribution in [-0.4, -0.2) is 68.4 Å². The first-order valence-electron chi connectivity index (χ1n) is 7.91. The fourth-order valence-corrected chi connectivity index (χ4v) is 5.52. The van der Waals surface area contributed by atoms with E-state index in [9.17, 15) is 8.42 Å². The standard InChI is InChI=1S/C14H24N4O2S2.ClH/c1-12-16-14(11-21-12)22(19,20)18-7-5-17(6-8-18)10-13-3-2-4-15-9-13;/h11,13,15H,2-10H2,1H3;1H. The van der Waals surface area contributed by atoms with E-state index in [0.29, 0.717) is 19.0 Å². The van der Waals surface area contributed by atoms with E-state index in [0.717, 1.165) is 37.7 Å². The molecular formula is C14H25ClN4O2S2. The van der Waals surface area contributed by atoms with Crippen molar-refractivity contribution < 1.29 is 8.42 Å². The van der Waals surface area contributed by atoms with E-state index in [1.807, 2.05) is 6.92 Å². The van der Waals surface area contributed by atoms with Gasteiger partial charge in [-0.25, -0.2) is 13.4 Å². The summed E-state index contributed by atoms with van der Waals surface area (Å²) in [5.74, 6) is 0.707. The van der Waals surface area contributed by atoms with Crippen LogP contribution in [0.2, 0.25) is 0 Å². The Morgan fingerprint density at radius 1 is 1.35 bits per heavy atom. The van der Waals surface area contributed by atoms with Crippen molar-refractivity contribution in [2.24, 2.45) is 5.92 Å². The Hall–Kier alpha value is -0.250. The Morgan fingerprint density at radius 3 is 2.65 bits per heavy atom. The zero-order valence-electron chi connectivity index (χ0n) is 13.4. The van der Waals surface area contributed by atoms with Crippen LogP contribution in [0, 0.1) is 12.8 Å². The fraction of sp³-hybridized carbons (Fsp3) is 0.786. The third-order valence-corrected chi connectivity index (χ3v) is 7.15. The lowest BCUT2D eigenvalue weighted by atomic mass is 9.99. The maximum absolute atomic E-state index is 12.5. The lowest BCUT2D eigenvalue weighted by Gasteiger charge is -2.36. The molecule has 2 fully saturated rings. The fourth-order valence-electron chi connectivity index (χ4n) is 3.19. The Bertz CT molecular complexity index is 594. The second-order valence-corrected chi connectivity index (χ2v) is 9.07. The summed E-state index contributed by atoms with van der Waals surface area (Å²) in [6.45, 7) is 7.92. The quantitative estimate of drug-likeness (QED) is 0.849. The maximum atomic E-state index is 12.5. The highest BCUT2D eigenvalue weighted by molar-refractivity contribution is 7.89. The molecule has 0 aromatic carbocycles. The lowest BCUT2D eigenvalue weighted by Crippen LogP contribution is -2.50. The number of aromatic nitrogens is 1. The number of hydrogen-bond donors (Lipinski definition) is 1. The van der Waals surface area contributed by atoms with Gasteiger partial charge in [0.1, 0.15) is 0 Å². The number of nitrogens with zero attached hydrogens (tertiary/aromatic N) is 3. The van der Waals surface area contributed by atoms with E-state index in [-0.39, 0.29) is 17.4 Å². The topological polar surface area (TPSA) is 65.5 Å². The number of aryl methyl sites for hydroxylation is 1. The highest BCUT2D eigenvalue weighted by Gasteiger charge is 2.30. The van der Waals surface area contributed by atoms with Gasteiger partial charge in [-0.1, -0.05) is 0 Å². The third kappa shape index (κ3) is 4.64. The number of piperidine rings is 1. The molecule has 3 rings (SSSR count). The first-order valence-corrected chi connectivity index (χ1v) is 10.2. The van der Waals surface area contributed by atoms with Gasteiger partial charge in [-0.2, -0.15) is 4.31 Å². The Morgan fingerprint density at radius 2 is 2.09 bits per heavy atom. The van der Waals surface area contributed by atoms with Crippen molar-refractivity contribution in [3.05, 3.63) is 10.4 Å². The largest absolute Gasteiger partial charge is 0.316 e. The Labute approximate surface area is 148 Å². The van der Waals surface area contributed by atoms with Gasteiger partial charge in [0.2, 0.25) is 0 Å². The maximum Gasteiger partial charge on any atom is 0.261 e. The van der Waals surface area contributed by atoms with Gasteiger partial charge < -0.3 is 10.2 Å². The molecule has 0 spiro atoms. The van der Waals surface area contributed by atoms with Gasteiger partial charge >= 0.3 is 0 Å². The highest BCUT2D eigenvalue weighted by Crippen LogP contribution is 2.20. The number of rotatable bonds is 4. The van der Waals surface area contributed by atoms with E-state index in [4.69, 9.17) is 0 Å². The molecule has 0 amide bonds. The van der Waals surface area contributed by atoms with Crippen LogP contribution in [0.5, 0.6) is 0 Å². The van der Waals surface area contributed by atoms with Crippen molar-refractivity contribution in [1.82, 2.24) is 19.5 Å². The average molecular weight is 381 g/mol.